The van der Waals surface area contributed by atoms with E-state index in [-0.39, 0.29) is 0 Å². The maximum atomic E-state index is 5.27. The van der Waals surface area contributed by atoms with Crippen LogP contribution >= 0.6 is 11.8 Å². The van der Waals surface area contributed by atoms with Crippen LogP contribution in [0.2, 0.25) is 0 Å². The number of nitrogens with one attached hydrogen (secondary N) is 1. The van der Waals surface area contributed by atoms with Crippen molar-refractivity contribution in [1.29, 1.82) is 0 Å². The van der Waals surface area contributed by atoms with Crippen molar-refractivity contribution >= 4 is 11.8 Å². The van der Waals surface area contributed by atoms with Crippen LogP contribution in [0, 0.1) is 0 Å². The summed E-state index contributed by atoms with van der Waals surface area (Å²) in [4.78, 5) is 0. The highest BCUT2D eigenvalue weighted by Crippen LogP contribution is 2.37. The molecular weight excluding hydrogens is 242 g/mol. The van der Waals surface area contributed by atoms with Crippen molar-refractivity contribution in [3.05, 3.63) is 29.8 Å². The van der Waals surface area contributed by atoms with Crippen LogP contribution in [-0.4, -0.2) is 31.7 Å². The van der Waals surface area contributed by atoms with Crippen molar-refractivity contribution in [2.45, 2.75) is 31.2 Å². The molecular formula is C15H23NOS. The molecule has 0 saturated heterocycles. The first-order valence-electron chi connectivity index (χ1n) is 6.69. The summed E-state index contributed by atoms with van der Waals surface area (Å²) in [5, 5.41) is 3.64. The Morgan fingerprint density at radius 1 is 1.39 bits per heavy atom. The molecule has 2 rings (SSSR count). The molecule has 1 aromatic rings. The molecule has 0 heterocycles. The fourth-order valence-electron chi connectivity index (χ4n) is 2.47. The summed E-state index contributed by atoms with van der Waals surface area (Å²) >= 11 is 1.93. The highest BCUT2D eigenvalue weighted by molar-refractivity contribution is 7.98. The van der Waals surface area contributed by atoms with E-state index in [0.717, 1.165) is 24.3 Å². The van der Waals surface area contributed by atoms with Crippen molar-refractivity contribution in [3.63, 3.8) is 0 Å². The average molecular weight is 265 g/mol. The van der Waals surface area contributed by atoms with Crippen molar-refractivity contribution in [2.75, 3.05) is 25.7 Å². The third-order valence-electron chi connectivity index (χ3n) is 3.66. The minimum atomic E-state index is 0.721. The molecule has 1 aliphatic carbocycles. The second kappa shape index (κ2) is 7.05. The maximum absolute atomic E-state index is 5.27. The zero-order chi connectivity index (χ0) is 12.8. The SMILES string of the molecule is COc1cccc(C2CC(NCCCSC)C2)c1. The van der Waals surface area contributed by atoms with Gasteiger partial charge in [-0.05, 0) is 61.4 Å². The molecule has 0 aliphatic heterocycles. The second-order valence-electron chi connectivity index (χ2n) is 4.94. The molecule has 1 fully saturated rings. The van der Waals surface area contributed by atoms with Gasteiger partial charge in [0.1, 0.15) is 5.75 Å². The van der Waals surface area contributed by atoms with Gasteiger partial charge in [0.05, 0.1) is 7.11 Å². The molecule has 3 heteroatoms. The van der Waals surface area contributed by atoms with E-state index in [1.54, 1.807) is 7.11 Å². The summed E-state index contributed by atoms with van der Waals surface area (Å²) in [7, 11) is 1.73. The van der Waals surface area contributed by atoms with Crippen LogP contribution in [0.3, 0.4) is 0 Å². The number of methoxy groups -OCH3 is 1. The smallest absolute Gasteiger partial charge is 0.119 e. The van der Waals surface area contributed by atoms with E-state index in [1.165, 1.54) is 30.6 Å². The van der Waals surface area contributed by atoms with Gasteiger partial charge in [0, 0.05) is 6.04 Å². The van der Waals surface area contributed by atoms with Gasteiger partial charge >= 0.3 is 0 Å². The molecule has 18 heavy (non-hydrogen) atoms. The number of hydrogen-bond acceptors (Lipinski definition) is 3. The Labute approximate surface area is 114 Å². The van der Waals surface area contributed by atoms with E-state index >= 15 is 0 Å². The molecule has 2 nitrogen and oxygen atoms in total. The van der Waals surface area contributed by atoms with Crippen LogP contribution < -0.4 is 10.1 Å². The van der Waals surface area contributed by atoms with Gasteiger partial charge in [-0.15, -0.1) is 0 Å². The molecule has 0 unspecified atom stereocenters. The van der Waals surface area contributed by atoms with Crippen molar-refractivity contribution < 1.29 is 4.74 Å². The Balaban J connectivity index is 1.71. The monoisotopic (exact) mass is 265 g/mol. The van der Waals surface area contributed by atoms with Gasteiger partial charge in [0.25, 0.3) is 0 Å². The topological polar surface area (TPSA) is 21.3 Å². The zero-order valence-corrected chi connectivity index (χ0v) is 12.1. The summed E-state index contributed by atoms with van der Waals surface area (Å²) in [6, 6.07) is 9.22. The van der Waals surface area contributed by atoms with E-state index in [1.807, 2.05) is 17.8 Å². The quantitative estimate of drug-likeness (QED) is 0.764. The molecule has 100 valence electrons. The highest BCUT2D eigenvalue weighted by atomic mass is 32.2. The summed E-state index contributed by atoms with van der Waals surface area (Å²) in [6.45, 7) is 1.16. The van der Waals surface area contributed by atoms with Crippen LogP contribution in [0.25, 0.3) is 0 Å². The van der Waals surface area contributed by atoms with Crippen LogP contribution in [0.15, 0.2) is 24.3 Å². The molecule has 1 aliphatic rings. The summed E-state index contributed by atoms with van der Waals surface area (Å²) in [5.41, 5.74) is 1.43. The fraction of sp³-hybridized carbons (Fsp3) is 0.600. The molecule has 1 N–H and O–H groups in total. The number of hydrogen-bond donors (Lipinski definition) is 1. The standard InChI is InChI=1S/C15H23NOS/c1-17-15-6-3-5-12(11-15)13-9-14(10-13)16-7-4-8-18-2/h3,5-6,11,13-14,16H,4,7-10H2,1-2H3. The van der Waals surface area contributed by atoms with Gasteiger partial charge in [0.2, 0.25) is 0 Å². The van der Waals surface area contributed by atoms with E-state index in [4.69, 9.17) is 4.74 Å². The summed E-state index contributed by atoms with van der Waals surface area (Å²) in [6.07, 6.45) is 5.99. The van der Waals surface area contributed by atoms with Gasteiger partial charge in [-0.3, -0.25) is 0 Å². The Morgan fingerprint density at radius 2 is 2.22 bits per heavy atom. The fourth-order valence-corrected chi connectivity index (χ4v) is 2.91. The molecule has 0 aromatic heterocycles. The number of benzene rings is 1. The Kier molecular flexibility index (Phi) is 5.39. The summed E-state index contributed by atoms with van der Waals surface area (Å²) < 4.78 is 5.27. The minimum absolute atomic E-state index is 0.721. The van der Waals surface area contributed by atoms with Gasteiger partial charge in [-0.1, -0.05) is 12.1 Å². The molecule has 0 bridgehead atoms. The molecule has 1 saturated carbocycles. The lowest BCUT2D eigenvalue weighted by Crippen LogP contribution is -2.40. The predicted octanol–water partition coefficient (Wildman–Crippen LogP) is 3.28. The lowest BCUT2D eigenvalue weighted by molar-refractivity contribution is 0.291. The maximum Gasteiger partial charge on any atom is 0.119 e. The number of ether oxygens (including phenoxy) is 1. The van der Waals surface area contributed by atoms with E-state index in [0.29, 0.717) is 0 Å². The zero-order valence-electron chi connectivity index (χ0n) is 11.3. The van der Waals surface area contributed by atoms with E-state index in [9.17, 15) is 0 Å². The lowest BCUT2D eigenvalue weighted by atomic mass is 9.76. The van der Waals surface area contributed by atoms with Crippen LogP contribution in [-0.2, 0) is 0 Å². The van der Waals surface area contributed by atoms with Crippen molar-refractivity contribution in [3.8, 4) is 5.75 Å². The average Bonchev–Trinajstić information content (AvgIpc) is 2.36. The molecule has 0 atom stereocenters. The highest BCUT2D eigenvalue weighted by Gasteiger charge is 2.29. The first-order chi connectivity index (χ1) is 8.83. The summed E-state index contributed by atoms with van der Waals surface area (Å²) in [5.74, 6) is 2.96. The van der Waals surface area contributed by atoms with E-state index < -0.39 is 0 Å². The van der Waals surface area contributed by atoms with Crippen LogP contribution in [0.4, 0.5) is 0 Å². The third-order valence-corrected chi connectivity index (χ3v) is 4.36. The normalized spacial score (nSPS) is 22.6. The molecule has 0 amide bonds. The molecule has 0 spiro atoms. The predicted molar refractivity (Wildman–Crippen MR) is 79.8 cm³/mol. The van der Waals surface area contributed by atoms with Gasteiger partial charge in [-0.25, -0.2) is 0 Å². The van der Waals surface area contributed by atoms with Crippen molar-refractivity contribution in [1.82, 2.24) is 5.32 Å². The Bertz CT molecular complexity index is 363. The largest absolute Gasteiger partial charge is 0.497 e. The first kappa shape index (κ1) is 13.8. The van der Waals surface area contributed by atoms with Crippen molar-refractivity contribution in [2.24, 2.45) is 0 Å². The van der Waals surface area contributed by atoms with Crippen LogP contribution in [0.5, 0.6) is 5.75 Å². The molecule has 0 radical (unpaired) electrons. The second-order valence-corrected chi connectivity index (χ2v) is 5.93. The van der Waals surface area contributed by atoms with Gasteiger partial charge < -0.3 is 10.1 Å². The van der Waals surface area contributed by atoms with Gasteiger partial charge in [0.15, 0.2) is 0 Å². The third kappa shape index (κ3) is 3.66. The minimum Gasteiger partial charge on any atom is -0.497 e. The van der Waals surface area contributed by atoms with Crippen LogP contribution in [0.1, 0.15) is 30.7 Å². The van der Waals surface area contributed by atoms with Gasteiger partial charge in [-0.2, -0.15) is 11.8 Å². The van der Waals surface area contributed by atoms with E-state index in [2.05, 4.69) is 29.8 Å². The molecule has 1 aromatic carbocycles. The number of rotatable bonds is 7. The Hall–Kier alpha value is -0.670. The Morgan fingerprint density at radius 3 is 2.94 bits per heavy atom. The number of thioether (sulfide) groups is 1. The first-order valence-corrected chi connectivity index (χ1v) is 8.09. The lowest BCUT2D eigenvalue weighted by Gasteiger charge is -2.36.